The second-order valence-corrected chi connectivity index (χ2v) is 6.45. The van der Waals surface area contributed by atoms with Crippen molar-refractivity contribution in [3.8, 4) is 0 Å². The molecule has 1 aromatic carbocycles. The third-order valence-electron chi connectivity index (χ3n) is 2.87. The molecule has 19 heavy (non-hydrogen) atoms. The van der Waals surface area contributed by atoms with Gasteiger partial charge in [-0.1, -0.05) is 6.07 Å². The number of hydrogen-bond acceptors (Lipinski definition) is 4. The zero-order valence-electron chi connectivity index (χ0n) is 11.4. The van der Waals surface area contributed by atoms with Gasteiger partial charge in [-0.2, -0.15) is 0 Å². The standard InChI is InChI=1S/C14H18BrN3S/c1-10-17-12(9-19-10)8-18(3)14-5-4-11(7-16-2)6-13(14)15/h4-6,9,16H,7-8H2,1-3H3. The van der Waals surface area contributed by atoms with E-state index in [2.05, 4.69) is 61.8 Å². The average Bonchev–Trinajstić information content (AvgIpc) is 2.75. The van der Waals surface area contributed by atoms with Crippen LogP contribution in [0.15, 0.2) is 28.1 Å². The fourth-order valence-corrected chi connectivity index (χ4v) is 3.32. The van der Waals surface area contributed by atoms with E-state index in [1.165, 1.54) is 11.3 Å². The molecule has 5 heteroatoms. The normalized spacial score (nSPS) is 10.7. The molecule has 0 fully saturated rings. The van der Waals surface area contributed by atoms with Gasteiger partial charge in [0.1, 0.15) is 0 Å². The maximum absolute atomic E-state index is 4.50. The van der Waals surface area contributed by atoms with Gasteiger partial charge in [0.25, 0.3) is 0 Å². The van der Waals surface area contributed by atoms with Gasteiger partial charge in [0.05, 0.1) is 22.9 Å². The Morgan fingerprint density at radius 1 is 1.42 bits per heavy atom. The second kappa shape index (κ2) is 6.50. The molecule has 0 atom stereocenters. The molecule has 1 N–H and O–H groups in total. The summed E-state index contributed by atoms with van der Waals surface area (Å²) in [6, 6.07) is 6.46. The van der Waals surface area contributed by atoms with E-state index in [4.69, 9.17) is 0 Å². The third kappa shape index (κ3) is 3.78. The van der Waals surface area contributed by atoms with Crippen LogP contribution < -0.4 is 10.2 Å². The molecule has 2 aromatic rings. The van der Waals surface area contributed by atoms with Gasteiger partial charge in [0.15, 0.2) is 0 Å². The first kappa shape index (κ1) is 14.5. The molecule has 1 heterocycles. The number of anilines is 1. The maximum atomic E-state index is 4.50. The number of benzene rings is 1. The van der Waals surface area contributed by atoms with Crippen molar-refractivity contribution >= 4 is 33.0 Å². The highest BCUT2D eigenvalue weighted by atomic mass is 79.9. The summed E-state index contributed by atoms with van der Waals surface area (Å²) in [6.45, 7) is 3.75. The van der Waals surface area contributed by atoms with Gasteiger partial charge in [-0.3, -0.25) is 0 Å². The highest BCUT2D eigenvalue weighted by Crippen LogP contribution is 2.27. The van der Waals surface area contributed by atoms with Crippen LogP contribution in [0, 0.1) is 6.92 Å². The van der Waals surface area contributed by atoms with E-state index < -0.39 is 0 Å². The monoisotopic (exact) mass is 339 g/mol. The summed E-state index contributed by atoms with van der Waals surface area (Å²) >= 11 is 5.35. The Kier molecular flexibility index (Phi) is 4.96. The largest absolute Gasteiger partial charge is 0.368 e. The molecular weight excluding hydrogens is 322 g/mol. The SMILES string of the molecule is CNCc1ccc(N(C)Cc2csc(C)n2)c(Br)c1. The number of thiazole rings is 1. The molecule has 0 aliphatic rings. The predicted molar refractivity (Wildman–Crippen MR) is 85.9 cm³/mol. The molecule has 1 aromatic heterocycles. The van der Waals surface area contributed by atoms with Crippen LogP contribution in [0.5, 0.6) is 0 Å². The molecule has 0 radical (unpaired) electrons. The molecule has 0 unspecified atom stereocenters. The predicted octanol–water partition coefficient (Wildman–Crippen LogP) is 3.57. The summed E-state index contributed by atoms with van der Waals surface area (Å²) < 4.78 is 1.12. The minimum Gasteiger partial charge on any atom is -0.368 e. The third-order valence-corrected chi connectivity index (χ3v) is 4.33. The minimum absolute atomic E-state index is 0.828. The van der Waals surface area contributed by atoms with E-state index in [-0.39, 0.29) is 0 Å². The number of hydrogen-bond donors (Lipinski definition) is 1. The van der Waals surface area contributed by atoms with Gasteiger partial charge in [-0.05, 0) is 47.6 Å². The number of aromatic nitrogens is 1. The van der Waals surface area contributed by atoms with Gasteiger partial charge < -0.3 is 10.2 Å². The molecule has 0 spiro atoms. The fourth-order valence-electron chi connectivity index (χ4n) is 1.98. The van der Waals surface area contributed by atoms with Crippen molar-refractivity contribution in [1.82, 2.24) is 10.3 Å². The summed E-state index contributed by atoms with van der Waals surface area (Å²) in [5, 5.41) is 6.40. The van der Waals surface area contributed by atoms with E-state index in [0.29, 0.717) is 0 Å². The Balaban J connectivity index is 2.12. The molecule has 0 bridgehead atoms. The fraction of sp³-hybridized carbons (Fsp3) is 0.357. The van der Waals surface area contributed by atoms with Crippen LogP contribution in [0.3, 0.4) is 0 Å². The summed E-state index contributed by atoms with van der Waals surface area (Å²) in [4.78, 5) is 6.71. The van der Waals surface area contributed by atoms with Gasteiger partial charge in [-0.25, -0.2) is 4.98 Å². The lowest BCUT2D eigenvalue weighted by molar-refractivity contribution is 0.816. The highest BCUT2D eigenvalue weighted by Gasteiger charge is 2.08. The molecule has 0 saturated heterocycles. The molecule has 0 aliphatic heterocycles. The first-order valence-corrected chi connectivity index (χ1v) is 7.82. The van der Waals surface area contributed by atoms with Crippen molar-refractivity contribution in [2.24, 2.45) is 0 Å². The molecular formula is C14H18BrN3S. The van der Waals surface area contributed by atoms with Crippen LogP contribution >= 0.6 is 27.3 Å². The van der Waals surface area contributed by atoms with Crippen LogP contribution in [0.25, 0.3) is 0 Å². The van der Waals surface area contributed by atoms with Crippen LogP contribution in [0.4, 0.5) is 5.69 Å². The first-order chi connectivity index (χ1) is 9.10. The summed E-state index contributed by atoms with van der Waals surface area (Å²) in [5.41, 5.74) is 3.58. The lowest BCUT2D eigenvalue weighted by atomic mass is 10.2. The smallest absolute Gasteiger partial charge is 0.0898 e. The second-order valence-electron chi connectivity index (χ2n) is 4.53. The zero-order valence-corrected chi connectivity index (χ0v) is 13.8. The lowest BCUT2D eigenvalue weighted by Crippen LogP contribution is -2.17. The van der Waals surface area contributed by atoms with Gasteiger partial charge >= 0.3 is 0 Å². The summed E-state index contributed by atoms with van der Waals surface area (Å²) in [6.07, 6.45) is 0. The van der Waals surface area contributed by atoms with E-state index in [9.17, 15) is 0 Å². The molecule has 0 saturated carbocycles. The van der Waals surface area contributed by atoms with Crippen LogP contribution in [-0.4, -0.2) is 19.1 Å². The average molecular weight is 340 g/mol. The minimum atomic E-state index is 0.828. The number of aryl methyl sites for hydroxylation is 1. The van der Waals surface area contributed by atoms with Crippen molar-refractivity contribution in [2.45, 2.75) is 20.0 Å². The van der Waals surface area contributed by atoms with Crippen molar-refractivity contribution < 1.29 is 0 Å². The highest BCUT2D eigenvalue weighted by molar-refractivity contribution is 9.10. The van der Waals surface area contributed by atoms with Gasteiger partial charge in [0, 0.05) is 23.4 Å². The van der Waals surface area contributed by atoms with E-state index >= 15 is 0 Å². The van der Waals surface area contributed by atoms with E-state index in [0.717, 1.165) is 28.3 Å². The number of rotatable bonds is 5. The van der Waals surface area contributed by atoms with Gasteiger partial charge in [-0.15, -0.1) is 11.3 Å². The number of halogens is 1. The van der Waals surface area contributed by atoms with Crippen molar-refractivity contribution in [3.63, 3.8) is 0 Å². The quantitative estimate of drug-likeness (QED) is 0.902. The van der Waals surface area contributed by atoms with Crippen molar-refractivity contribution in [1.29, 1.82) is 0 Å². The van der Waals surface area contributed by atoms with Crippen LogP contribution in [-0.2, 0) is 13.1 Å². The molecule has 0 aliphatic carbocycles. The first-order valence-electron chi connectivity index (χ1n) is 6.15. The summed E-state index contributed by atoms with van der Waals surface area (Å²) in [5.74, 6) is 0. The Bertz CT molecular complexity index is 553. The van der Waals surface area contributed by atoms with Gasteiger partial charge in [0.2, 0.25) is 0 Å². The Hall–Kier alpha value is -0.910. The zero-order chi connectivity index (χ0) is 13.8. The topological polar surface area (TPSA) is 28.2 Å². The summed E-state index contributed by atoms with van der Waals surface area (Å²) in [7, 11) is 4.05. The Morgan fingerprint density at radius 2 is 2.21 bits per heavy atom. The van der Waals surface area contributed by atoms with Crippen LogP contribution in [0.2, 0.25) is 0 Å². The molecule has 102 valence electrons. The van der Waals surface area contributed by atoms with Crippen molar-refractivity contribution in [2.75, 3.05) is 19.0 Å². The number of nitrogens with zero attached hydrogens (tertiary/aromatic N) is 2. The van der Waals surface area contributed by atoms with E-state index in [1.54, 1.807) is 11.3 Å². The molecule has 3 nitrogen and oxygen atoms in total. The number of nitrogens with one attached hydrogen (secondary N) is 1. The Labute approximate surface area is 126 Å². The van der Waals surface area contributed by atoms with Crippen molar-refractivity contribution in [3.05, 3.63) is 44.3 Å². The maximum Gasteiger partial charge on any atom is 0.0898 e. The Morgan fingerprint density at radius 3 is 2.79 bits per heavy atom. The van der Waals surface area contributed by atoms with Crippen LogP contribution in [0.1, 0.15) is 16.3 Å². The lowest BCUT2D eigenvalue weighted by Gasteiger charge is -2.20. The molecule has 0 amide bonds. The molecule has 2 rings (SSSR count). The van der Waals surface area contributed by atoms with E-state index in [1.807, 2.05) is 14.0 Å².